The Labute approximate surface area is 383 Å². The number of nitrogens with zero attached hydrogens (tertiary/aromatic N) is 4. The molecule has 0 fully saturated rings. The maximum Gasteiger partial charge on any atom is 0.148 e. The number of rotatable bonds is 5. The van der Waals surface area contributed by atoms with E-state index in [1.165, 1.54) is 11.1 Å². The number of aryl methyl sites for hydroxylation is 1. The molecular formula is C56H59N4OPt-. The van der Waals surface area contributed by atoms with Gasteiger partial charge in [0.2, 0.25) is 0 Å². The molecule has 0 aliphatic heterocycles. The van der Waals surface area contributed by atoms with Gasteiger partial charge in [-0.1, -0.05) is 167 Å². The zero-order chi connectivity index (χ0) is 43.8. The molecule has 0 aliphatic rings. The summed E-state index contributed by atoms with van der Waals surface area (Å²) in [6.45, 7) is 28.8. The number of imidazole rings is 1. The van der Waals surface area contributed by atoms with Gasteiger partial charge in [0.25, 0.3) is 0 Å². The minimum absolute atomic E-state index is 0. The van der Waals surface area contributed by atoms with Gasteiger partial charge in [0.05, 0.1) is 27.8 Å². The van der Waals surface area contributed by atoms with Gasteiger partial charge in [0, 0.05) is 37.9 Å². The van der Waals surface area contributed by atoms with Crippen molar-refractivity contribution in [1.82, 2.24) is 19.5 Å². The summed E-state index contributed by atoms with van der Waals surface area (Å²) in [7, 11) is 0. The maximum absolute atomic E-state index is 12.5. The largest absolute Gasteiger partial charge is 0.507 e. The molecule has 0 amide bonds. The maximum atomic E-state index is 12.5. The summed E-state index contributed by atoms with van der Waals surface area (Å²) in [5, 5.41) is 13.5. The van der Waals surface area contributed by atoms with E-state index in [0.29, 0.717) is 11.4 Å². The van der Waals surface area contributed by atoms with Gasteiger partial charge in [-0.05, 0) is 80.5 Å². The molecule has 5 nitrogen and oxygen atoms in total. The van der Waals surface area contributed by atoms with Crippen LogP contribution in [0, 0.1) is 13.0 Å². The molecule has 8 rings (SSSR count). The first kappa shape index (κ1) is 44.7. The molecule has 2 aromatic heterocycles. The van der Waals surface area contributed by atoms with Crippen LogP contribution in [0.2, 0.25) is 0 Å². The Morgan fingerprint density at radius 2 is 1.18 bits per heavy atom. The molecule has 0 saturated carbocycles. The molecule has 2 heterocycles. The van der Waals surface area contributed by atoms with E-state index in [-0.39, 0.29) is 48.5 Å². The van der Waals surface area contributed by atoms with Crippen LogP contribution in [0.4, 0.5) is 0 Å². The van der Waals surface area contributed by atoms with Crippen LogP contribution in [0.25, 0.3) is 72.5 Å². The van der Waals surface area contributed by atoms with Crippen LogP contribution in [-0.4, -0.2) is 24.6 Å². The van der Waals surface area contributed by atoms with Gasteiger partial charge in [-0.25, -0.2) is 9.97 Å². The number of para-hydroxylation sites is 2. The van der Waals surface area contributed by atoms with Crippen molar-refractivity contribution in [3.8, 4) is 56.3 Å². The standard InChI is InChI=1S/C56H59N4O.Pt/c1-34-19-17-23-42-48(34)57-33-58-49(42)37-27-36(28-39(29-37)54(5,6)7)41-22-18-24-47-50(41)59-52(44-31-40(55(8,9)10)32-45(51(44)61)56(11,12)13)60(47)46-26-25-38(53(2,3)4)30-43(46)35-20-15-14-16-21-35;/h14-26,28-33,61H,1-13H3;/q-1;. The topological polar surface area (TPSA) is 63.8 Å². The third-order valence-corrected chi connectivity index (χ3v) is 12.0. The average molecular weight is 999 g/mol. The Bertz CT molecular complexity index is 2970. The van der Waals surface area contributed by atoms with Crippen LogP contribution in [0.5, 0.6) is 5.75 Å². The number of hydrogen-bond donors (Lipinski definition) is 1. The van der Waals surface area contributed by atoms with E-state index in [1.54, 1.807) is 6.33 Å². The van der Waals surface area contributed by atoms with E-state index >= 15 is 0 Å². The van der Waals surface area contributed by atoms with Crippen molar-refractivity contribution in [2.75, 3.05) is 0 Å². The fourth-order valence-electron chi connectivity index (χ4n) is 8.32. The number of benzene rings is 6. The van der Waals surface area contributed by atoms with Crippen molar-refractivity contribution in [1.29, 1.82) is 0 Å². The Kier molecular flexibility index (Phi) is 11.6. The molecule has 0 spiro atoms. The molecule has 0 radical (unpaired) electrons. The molecule has 0 aliphatic carbocycles. The van der Waals surface area contributed by atoms with E-state index in [9.17, 15) is 5.11 Å². The first-order valence-corrected chi connectivity index (χ1v) is 21.5. The minimum Gasteiger partial charge on any atom is -0.507 e. The fourth-order valence-corrected chi connectivity index (χ4v) is 8.32. The van der Waals surface area contributed by atoms with Gasteiger partial charge in [0.1, 0.15) is 17.9 Å². The van der Waals surface area contributed by atoms with Crippen molar-refractivity contribution in [3.05, 3.63) is 149 Å². The van der Waals surface area contributed by atoms with Crippen LogP contribution in [0.1, 0.15) is 111 Å². The zero-order valence-electron chi connectivity index (χ0n) is 38.5. The van der Waals surface area contributed by atoms with Crippen molar-refractivity contribution >= 4 is 21.9 Å². The second kappa shape index (κ2) is 16.1. The van der Waals surface area contributed by atoms with E-state index in [0.717, 1.165) is 77.8 Å². The molecule has 0 atom stereocenters. The van der Waals surface area contributed by atoms with Gasteiger partial charge < -0.3 is 5.11 Å². The predicted molar refractivity (Wildman–Crippen MR) is 256 cm³/mol. The van der Waals surface area contributed by atoms with Crippen molar-refractivity contribution < 1.29 is 26.2 Å². The normalized spacial score (nSPS) is 12.5. The molecule has 62 heavy (non-hydrogen) atoms. The molecular weight excluding hydrogens is 940 g/mol. The third kappa shape index (κ3) is 8.29. The number of phenols is 1. The quantitative estimate of drug-likeness (QED) is 0.175. The zero-order valence-corrected chi connectivity index (χ0v) is 40.8. The second-order valence-corrected chi connectivity index (χ2v) is 20.9. The molecule has 320 valence electrons. The van der Waals surface area contributed by atoms with Crippen LogP contribution in [-0.2, 0) is 42.7 Å². The number of fused-ring (bicyclic) bond motifs is 2. The van der Waals surface area contributed by atoms with Crippen LogP contribution < -0.4 is 0 Å². The predicted octanol–water partition coefficient (Wildman–Crippen LogP) is 14.6. The van der Waals surface area contributed by atoms with E-state index < -0.39 is 0 Å². The summed E-state index contributed by atoms with van der Waals surface area (Å²) in [5.74, 6) is 0.933. The summed E-state index contributed by atoms with van der Waals surface area (Å²) in [6, 6.07) is 42.8. The van der Waals surface area contributed by atoms with Crippen LogP contribution >= 0.6 is 0 Å². The number of aromatic nitrogens is 4. The van der Waals surface area contributed by atoms with Crippen molar-refractivity contribution in [2.24, 2.45) is 0 Å². The van der Waals surface area contributed by atoms with Gasteiger partial charge in [-0.2, -0.15) is 0 Å². The summed E-state index contributed by atoms with van der Waals surface area (Å²) in [5.41, 5.74) is 15.0. The summed E-state index contributed by atoms with van der Waals surface area (Å²) >= 11 is 0. The molecule has 8 aromatic rings. The van der Waals surface area contributed by atoms with E-state index in [4.69, 9.17) is 9.97 Å². The Hall–Kier alpha value is -5.38. The van der Waals surface area contributed by atoms with Crippen LogP contribution in [0.3, 0.4) is 0 Å². The summed E-state index contributed by atoms with van der Waals surface area (Å²) in [6.07, 6.45) is 1.66. The molecule has 0 unspecified atom stereocenters. The molecule has 6 heteroatoms. The first-order chi connectivity index (χ1) is 28.6. The third-order valence-electron chi connectivity index (χ3n) is 12.0. The summed E-state index contributed by atoms with van der Waals surface area (Å²) in [4.78, 5) is 15.2. The number of phenolic OH excluding ortho intramolecular Hbond substituents is 1. The minimum atomic E-state index is -0.325. The number of hydrogen-bond acceptors (Lipinski definition) is 4. The van der Waals surface area contributed by atoms with Gasteiger partial charge >= 0.3 is 0 Å². The first-order valence-electron chi connectivity index (χ1n) is 21.5. The van der Waals surface area contributed by atoms with Crippen molar-refractivity contribution in [2.45, 2.75) is 112 Å². The smallest absolute Gasteiger partial charge is 0.148 e. The Morgan fingerprint density at radius 1 is 0.548 bits per heavy atom. The molecule has 6 aromatic carbocycles. The fraction of sp³-hybridized carbons (Fsp3) is 0.304. The Balaban J connectivity index is 0.00000578. The molecule has 1 N–H and O–H groups in total. The van der Waals surface area contributed by atoms with Gasteiger partial charge in [0.15, 0.2) is 0 Å². The second-order valence-electron chi connectivity index (χ2n) is 20.9. The summed E-state index contributed by atoms with van der Waals surface area (Å²) < 4.78 is 2.27. The van der Waals surface area contributed by atoms with E-state index in [1.807, 2.05) is 0 Å². The number of aromatic hydroxyl groups is 1. The molecule has 0 bridgehead atoms. The average Bonchev–Trinajstić information content (AvgIpc) is 3.58. The van der Waals surface area contributed by atoms with Gasteiger partial charge in [-0.15, -0.1) is 29.3 Å². The van der Waals surface area contributed by atoms with E-state index in [2.05, 4.69) is 215 Å². The SMILES string of the molecule is Cc1cccc2c(-c3[c-]c(-c4cccc5c4nc(-c4cc(C(C)(C)C)cc(C(C)(C)C)c4O)n5-c4ccc(C(C)(C)C)cc4-c4ccccc4)cc(C(C)(C)C)c3)ncnc12.[Pt]. The molecule has 0 saturated heterocycles. The van der Waals surface area contributed by atoms with Crippen molar-refractivity contribution in [3.63, 3.8) is 0 Å². The van der Waals surface area contributed by atoms with Crippen LogP contribution in [0.15, 0.2) is 116 Å². The Morgan fingerprint density at radius 3 is 1.84 bits per heavy atom. The van der Waals surface area contributed by atoms with Gasteiger partial charge in [-0.3, -0.25) is 9.55 Å². The monoisotopic (exact) mass is 998 g/mol.